The van der Waals surface area contributed by atoms with Gasteiger partial charge < -0.3 is 0 Å². The van der Waals surface area contributed by atoms with Crippen LogP contribution in [0.25, 0.3) is 0 Å². The Hall–Kier alpha value is -1.28. The summed E-state index contributed by atoms with van der Waals surface area (Å²) in [7, 11) is 0. The molecule has 0 radical (unpaired) electrons. The molecule has 1 atom stereocenters. The number of nitrogens with one attached hydrogen (secondary N) is 1. The molecule has 1 unspecified atom stereocenters. The average Bonchev–Trinajstić information content (AvgIpc) is 2.69. The zero-order valence-corrected chi connectivity index (χ0v) is 9.45. The third-order valence-electron chi connectivity index (χ3n) is 2.64. The molecule has 0 saturated heterocycles. The minimum Gasteiger partial charge on any atom is -0.274 e. The van der Waals surface area contributed by atoms with Crippen LogP contribution in [0.5, 0.6) is 0 Å². The van der Waals surface area contributed by atoms with E-state index in [1.54, 1.807) is 0 Å². The highest BCUT2D eigenvalue weighted by atomic mass is 16.7. The Labute approximate surface area is 90.9 Å². The van der Waals surface area contributed by atoms with E-state index in [2.05, 4.69) is 50.5 Å². The lowest BCUT2D eigenvalue weighted by Crippen LogP contribution is -2.11. The predicted octanol–water partition coefficient (Wildman–Crippen LogP) is 3.07. The Kier molecular flexibility index (Phi) is 2.53. The highest BCUT2D eigenvalue weighted by Gasteiger charge is 2.16. The second-order valence-corrected chi connectivity index (χ2v) is 4.89. The second-order valence-electron chi connectivity index (χ2n) is 4.89. The molecule has 1 aromatic carbocycles. The van der Waals surface area contributed by atoms with Crippen LogP contribution in [0.15, 0.2) is 36.5 Å². The number of hydrogen-bond donors (Lipinski definition) is 1. The standard InChI is InChI=1S/C13H17NO/c1-13(2,3)11-6-4-10(5-7-11)12-8-9-14-15-12/h4-9,12,14H,1-3H3. The summed E-state index contributed by atoms with van der Waals surface area (Å²) in [6, 6.07) is 8.60. The van der Waals surface area contributed by atoms with Crippen molar-refractivity contribution < 1.29 is 4.84 Å². The Balaban J connectivity index is 2.20. The van der Waals surface area contributed by atoms with E-state index in [-0.39, 0.29) is 11.5 Å². The lowest BCUT2D eigenvalue weighted by Gasteiger charge is -2.19. The molecule has 1 aliphatic heterocycles. The Morgan fingerprint density at radius 3 is 2.27 bits per heavy atom. The van der Waals surface area contributed by atoms with Crippen molar-refractivity contribution in [2.75, 3.05) is 0 Å². The van der Waals surface area contributed by atoms with Crippen LogP contribution < -0.4 is 5.48 Å². The van der Waals surface area contributed by atoms with Crippen molar-refractivity contribution in [2.45, 2.75) is 32.3 Å². The monoisotopic (exact) mass is 203 g/mol. The number of hydroxylamine groups is 1. The normalized spacial score (nSPS) is 20.3. The summed E-state index contributed by atoms with van der Waals surface area (Å²) in [4.78, 5) is 5.30. The molecule has 0 spiro atoms. The maximum absolute atomic E-state index is 5.30. The van der Waals surface area contributed by atoms with Crippen molar-refractivity contribution >= 4 is 0 Å². The van der Waals surface area contributed by atoms with Crippen molar-refractivity contribution in [3.05, 3.63) is 47.7 Å². The molecule has 0 saturated carbocycles. The summed E-state index contributed by atoms with van der Waals surface area (Å²) in [6.45, 7) is 6.65. The lowest BCUT2D eigenvalue weighted by atomic mass is 9.86. The van der Waals surface area contributed by atoms with Gasteiger partial charge in [-0.1, -0.05) is 45.0 Å². The molecule has 0 fully saturated rings. The molecule has 1 N–H and O–H groups in total. The molecule has 0 amide bonds. The third kappa shape index (κ3) is 2.21. The first-order chi connectivity index (χ1) is 7.07. The smallest absolute Gasteiger partial charge is 0.130 e. The molecule has 1 heterocycles. The van der Waals surface area contributed by atoms with E-state index in [1.807, 2.05) is 12.3 Å². The van der Waals surface area contributed by atoms with Gasteiger partial charge in [0.15, 0.2) is 0 Å². The largest absolute Gasteiger partial charge is 0.274 e. The molecule has 2 heteroatoms. The maximum Gasteiger partial charge on any atom is 0.130 e. The fourth-order valence-electron chi connectivity index (χ4n) is 1.63. The van der Waals surface area contributed by atoms with Crippen LogP contribution in [-0.2, 0) is 10.3 Å². The quantitative estimate of drug-likeness (QED) is 0.757. The number of benzene rings is 1. The van der Waals surface area contributed by atoms with Crippen LogP contribution in [0.1, 0.15) is 38.0 Å². The molecular formula is C13H17NO. The number of rotatable bonds is 1. The van der Waals surface area contributed by atoms with E-state index >= 15 is 0 Å². The fourth-order valence-corrected chi connectivity index (χ4v) is 1.63. The van der Waals surface area contributed by atoms with Gasteiger partial charge in [-0.25, -0.2) is 0 Å². The maximum atomic E-state index is 5.30. The van der Waals surface area contributed by atoms with Gasteiger partial charge in [-0.3, -0.25) is 10.3 Å². The fraction of sp³-hybridized carbons (Fsp3) is 0.385. The van der Waals surface area contributed by atoms with E-state index in [0.29, 0.717) is 0 Å². The van der Waals surface area contributed by atoms with Crippen LogP contribution in [0.2, 0.25) is 0 Å². The van der Waals surface area contributed by atoms with Crippen LogP contribution in [0, 0.1) is 0 Å². The summed E-state index contributed by atoms with van der Waals surface area (Å²) in [5.74, 6) is 0. The topological polar surface area (TPSA) is 21.3 Å². The highest BCUT2D eigenvalue weighted by molar-refractivity contribution is 5.30. The van der Waals surface area contributed by atoms with Gasteiger partial charge in [-0.15, -0.1) is 0 Å². The highest BCUT2D eigenvalue weighted by Crippen LogP contribution is 2.26. The molecular weight excluding hydrogens is 186 g/mol. The van der Waals surface area contributed by atoms with Crippen molar-refractivity contribution in [3.63, 3.8) is 0 Å². The minimum atomic E-state index is 0.0546. The molecule has 2 rings (SSSR count). The average molecular weight is 203 g/mol. The molecule has 80 valence electrons. The van der Waals surface area contributed by atoms with Crippen molar-refractivity contribution in [1.29, 1.82) is 0 Å². The first kappa shape index (κ1) is 10.2. The number of hydrogen-bond acceptors (Lipinski definition) is 2. The van der Waals surface area contributed by atoms with E-state index in [9.17, 15) is 0 Å². The molecule has 0 aliphatic carbocycles. The molecule has 2 nitrogen and oxygen atoms in total. The van der Waals surface area contributed by atoms with E-state index in [1.165, 1.54) is 11.1 Å². The zero-order valence-electron chi connectivity index (χ0n) is 9.45. The van der Waals surface area contributed by atoms with E-state index < -0.39 is 0 Å². The van der Waals surface area contributed by atoms with Gasteiger partial charge in [0.25, 0.3) is 0 Å². The molecule has 0 bridgehead atoms. The molecule has 0 aromatic heterocycles. The van der Waals surface area contributed by atoms with Gasteiger partial charge in [0.05, 0.1) is 0 Å². The first-order valence-corrected chi connectivity index (χ1v) is 5.26. The van der Waals surface area contributed by atoms with Gasteiger partial charge in [0, 0.05) is 6.20 Å². The van der Waals surface area contributed by atoms with Crippen LogP contribution in [-0.4, -0.2) is 0 Å². The summed E-state index contributed by atoms with van der Waals surface area (Å²) in [5, 5.41) is 0. The Bertz CT molecular complexity index is 359. The summed E-state index contributed by atoms with van der Waals surface area (Å²) >= 11 is 0. The van der Waals surface area contributed by atoms with Crippen LogP contribution in [0.3, 0.4) is 0 Å². The van der Waals surface area contributed by atoms with Crippen molar-refractivity contribution in [2.24, 2.45) is 0 Å². The van der Waals surface area contributed by atoms with Gasteiger partial charge in [-0.05, 0) is 22.6 Å². The van der Waals surface area contributed by atoms with Gasteiger partial charge in [-0.2, -0.15) is 0 Å². The summed E-state index contributed by atoms with van der Waals surface area (Å²) < 4.78 is 0. The Morgan fingerprint density at radius 2 is 1.80 bits per heavy atom. The third-order valence-corrected chi connectivity index (χ3v) is 2.64. The van der Waals surface area contributed by atoms with Gasteiger partial charge >= 0.3 is 0 Å². The zero-order chi connectivity index (χ0) is 10.9. The Morgan fingerprint density at radius 1 is 1.13 bits per heavy atom. The second kappa shape index (κ2) is 3.70. The SMILES string of the molecule is CC(C)(C)c1ccc(C2C=CNO2)cc1. The van der Waals surface area contributed by atoms with Gasteiger partial charge in [0.1, 0.15) is 6.10 Å². The van der Waals surface area contributed by atoms with Crippen molar-refractivity contribution in [1.82, 2.24) is 5.48 Å². The van der Waals surface area contributed by atoms with E-state index in [4.69, 9.17) is 4.84 Å². The summed E-state index contributed by atoms with van der Waals surface area (Å²) in [6.07, 6.45) is 3.88. The van der Waals surface area contributed by atoms with E-state index in [0.717, 1.165) is 0 Å². The lowest BCUT2D eigenvalue weighted by molar-refractivity contribution is 0.0470. The summed E-state index contributed by atoms with van der Waals surface area (Å²) in [5.41, 5.74) is 5.48. The molecule has 1 aromatic rings. The van der Waals surface area contributed by atoms with Gasteiger partial charge in [0.2, 0.25) is 0 Å². The molecule has 15 heavy (non-hydrogen) atoms. The minimum absolute atomic E-state index is 0.0546. The predicted molar refractivity (Wildman–Crippen MR) is 61.2 cm³/mol. The van der Waals surface area contributed by atoms with Crippen LogP contribution in [0.4, 0.5) is 0 Å². The van der Waals surface area contributed by atoms with Crippen LogP contribution >= 0.6 is 0 Å². The molecule has 1 aliphatic rings. The first-order valence-electron chi connectivity index (χ1n) is 5.26. The van der Waals surface area contributed by atoms with Crippen molar-refractivity contribution in [3.8, 4) is 0 Å².